The highest BCUT2D eigenvalue weighted by Gasteiger charge is 2.39. The molecule has 5 heteroatoms. The normalized spacial score (nSPS) is 26.5. The Labute approximate surface area is 112 Å². The molecule has 2 fully saturated rings. The highest BCUT2D eigenvalue weighted by Crippen LogP contribution is 2.26. The lowest BCUT2D eigenvalue weighted by Crippen LogP contribution is -2.63. The summed E-state index contributed by atoms with van der Waals surface area (Å²) in [6, 6.07) is 5.52. The van der Waals surface area contributed by atoms with Gasteiger partial charge in [-0.05, 0) is 25.0 Å². The van der Waals surface area contributed by atoms with Gasteiger partial charge in [0, 0.05) is 12.2 Å². The van der Waals surface area contributed by atoms with E-state index in [2.05, 4.69) is 10.3 Å². The summed E-state index contributed by atoms with van der Waals surface area (Å²) < 4.78 is 0. The van der Waals surface area contributed by atoms with E-state index in [-0.39, 0.29) is 30.4 Å². The van der Waals surface area contributed by atoms with E-state index < -0.39 is 0 Å². The van der Waals surface area contributed by atoms with E-state index in [1.165, 1.54) is 0 Å². The van der Waals surface area contributed by atoms with Crippen LogP contribution in [0.1, 0.15) is 36.2 Å². The molecular weight excluding hydrogens is 242 g/mol. The Morgan fingerprint density at radius 1 is 1.32 bits per heavy atom. The van der Waals surface area contributed by atoms with E-state index in [0.717, 1.165) is 25.7 Å². The van der Waals surface area contributed by atoms with Gasteiger partial charge in [0.1, 0.15) is 12.2 Å². The van der Waals surface area contributed by atoms with E-state index in [0.29, 0.717) is 5.69 Å². The molecule has 0 spiro atoms. The molecule has 0 radical (unpaired) electrons. The molecule has 19 heavy (non-hydrogen) atoms. The Morgan fingerprint density at radius 3 is 2.95 bits per heavy atom. The SMILES string of the molecule is O=C1CN(C(=O)c2ccccn2)C2CCCCC2N1. The monoisotopic (exact) mass is 259 g/mol. The summed E-state index contributed by atoms with van der Waals surface area (Å²) >= 11 is 0. The number of fused-ring (bicyclic) bond motifs is 1. The first-order chi connectivity index (χ1) is 9.25. The van der Waals surface area contributed by atoms with E-state index in [9.17, 15) is 9.59 Å². The average Bonchev–Trinajstić information content (AvgIpc) is 2.46. The Bertz CT molecular complexity index is 489. The van der Waals surface area contributed by atoms with Crippen molar-refractivity contribution < 1.29 is 9.59 Å². The van der Waals surface area contributed by atoms with Gasteiger partial charge in [0.25, 0.3) is 5.91 Å². The molecule has 1 N–H and O–H groups in total. The van der Waals surface area contributed by atoms with Crippen LogP contribution >= 0.6 is 0 Å². The molecule has 100 valence electrons. The van der Waals surface area contributed by atoms with Gasteiger partial charge in [0.05, 0.1) is 6.04 Å². The summed E-state index contributed by atoms with van der Waals surface area (Å²) in [7, 11) is 0. The van der Waals surface area contributed by atoms with Crippen LogP contribution < -0.4 is 5.32 Å². The maximum absolute atomic E-state index is 12.5. The maximum Gasteiger partial charge on any atom is 0.273 e. The topological polar surface area (TPSA) is 62.3 Å². The highest BCUT2D eigenvalue weighted by atomic mass is 16.2. The fraction of sp³-hybridized carbons (Fsp3) is 0.500. The molecule has 1 saturated carbocycles. The molecule has 1 aliphatic heterocycles. The minimum atomic E-state index is -0.132. The van der Waals surface area contributed by atoms with Crippen LogP contribution in [0.15, 0.2) is 24.4 Å². The van der Waals surface area contributed by atoms with Gasteiger partial charge < -0.3 is 10.2 Å². The third-order valence-corrected chi connectivity index (χ3v) is 3.94. The van der Waals surface area contributed by atoms with Gasteiger partial charge >= 0.3 is 0 Å². The van der Waals surface area contributed by atoms with Crippen LogP contribution in [0.3, 0.4) is 0 Å². The summed E-state index contributed by atoms with van der Waals surface area (Å²) in [5.74, 6) is -0.195. The second kappa shape index (κ2) is 4.99. The van der Waals surface area contributed by atoms with Crippen LogP contribution in [0.2, 0.25) is 0 Å². The smallest absolute Gasteiger partial charge is 0.273 e. The molecule has 1 aliphatic carbocycles. The van der Waals surface area contributed by atoms with Crippen molar-refractivity contribution in [2.75, 3.05) is 6.54 Å². The first-order valence-corrected chi connectivity index (χ1v) is 6.77. The molecule has 1 saturated heterocycles. The zero-order valence-electron chi connectivity index (χ0n) is 10.7. The van der Waals surface area contributed by atoms with Crippen molar-refractivity contribution in [3.05, 3.63) is 30.1 Å². The molecule has 2 aliphatic rings. The van der Waals surface area contributed by atoms with Crippen molar-refractivity contribution in [1.82, 2.24) is 15.2 Å². The third kappa shape index (κ3) is 2.32. The van der Waals surface area contributed by atoms with Crippen molar-refractivity contribution in [3.8, 4) is 0 Å². The van der Waals surface area contributed by atoms with Crippen molar-refractivity contribution in [3.63, 3.8) is 0 Å². The van der Waals surface area contributed by atoms with Gasteiger partial charge in [0.15, 0.2) is 0 Å². The molecule has 1 aromatic heterocycles. The van der Waals surface area contributed by atoms with Gasteiger partial charge in [0.2, 0.25) is 5.91 Å². The van der Waals surface area contributed by atoms with Crippen molar-refractivity contribution in [1.29, 1.82) is 0 Å². The summed E-state index contributed by atoms with van der Waals surface area (Å²) in [4.78, 5) is 30.0. The standard InChI is InChI=1S/C14H17N3O2/c18-13-9-17(12-7-2-1-5-10(12)16-13)14(19)11-6-3-4-8-15-11/h3-4,6,8,10,12H,1-2,5,7,9H2,(H,16,18). The van der Waals surface area contributed by atoms with Gasteiger partial charge in [-0.25, -0.2) is 0 Å². The second-order valence-electron chi connectivity index (χ2n) is 5.17. The fourth-order valence-electron chi connectivity index (χ4n) is 3.04. The summed E-state index contributed by atoms with van der Waals surface area (Å²) in [6.45, 7) is 0.149. The largest absolute Gasteiger partial charge is 0.350 e. The third-order valence-electron chi connectivity index (χ3n) is 3.94. The lowest BCUT2D eigenvalue weighted by Gasteiger charge is -2.43. The molecule has 0 aromatic carbocycles. The minimum Gasteiger partial charge on any atom is -0.350 e. The molecule has 5 nitrogen and oxygen atoms in total. The Balaban J connectivity index is 1.85. The van der Waals surface area contributed by atoms with Gasteiger partial charge in [-0.2, -0.15) is 0 Å². The Kier molecular flexibility index (Phi) is 3.19. The molecule has 1 aromatic rings. The van der Waals surface area contributed by atoms with Crippen LogP contribution in [-0.4, -0.2) is 40.3 Å². The molecule has 2 atom stereocenters. The van der Waals surface area contributed by atoms with Crippen LogP contribution in [0.4, 0.5) is 0 Å². The van der Waals surface area contributed by atoms with Crippen molar-refractivity contribution in [2.24, 2.45) is 0 Å². The van der Waals surface area contributed by atoms with Gasteiger partial charge in [-0.15, -0.1) is 0 Å². The van der Waals surface area contributed by atoms with E-state index in [1.807, 2.05) is 0 Å². The zero-order chi connectivity index (χ0) is 13.2. The second-order valence-corrected chi connectivity index (χ2v) is 5.17. The quantitative estimate of drug-likeness (QED) is 0.817. The van der Waals surface area contributed by atoms with Gasteiger partial charge in [-0.3, -0.25) is 14.6 Å². The van der Waals surface area contributed by atoms with Crippen molar-refractivity contribution >= 4 is 11.8 Å². The number of hydrogen-bond donors (Lipinski definition) is 1. The summed E-state index contributed by atoms with van der Waals surface area (Å²) in [6.07, 6.45) is 5.76. The number of aromatic nitrogens is 1. The summed E-state index contributed by atoms with van der Waals surface area (Å²) in [5, 5.41) is 3.00. The van der Waals surface area contributed by atoms with Gasteiger partial charge in [-0.1, -0.05) is 18.9 Å². The predicted molar refractivity (Wildman–Crippen MR) is 69.5 cm³/mol. The number of carbonyl (C=O) groups excluding carboxylic acids is 2. The Morgan fingerprint density at radius 2 is 2.16 bits per heavy atom. The van der Waals surface area contributed by atoms with Crippen LogP contribution in [0, 0.1) is 0 Å². The van der Waals surface area contributed by atoms with E-state index >= 15 is 0 Å². The number of amides is 2. The Hall–Kier alpha value is -1.91. The predicted octanol–water partition coefficient (Wildman–Crippen LogP) is 0.965. The molecule has 0 bridgehead atoms. The molecule has 2 amide bonds. The molecule has 2 unspecified atom stereocenters. The number of rotatable bonds is 1. The van der Waals surface area contributed by atoms with Crippen LogP contribution in [-0.2, 0) is 4.79 Å². The first-order valence-electron chi connectivity index (χ1n) is 6.77. The zero-order valence-corrected chi connectivity index (χ0v) is 10.7. The highest BCUT2D eigenvalue weighted by molar-refractivity contribution is 5.96. The number of carbonyl (C=O) groups is 2. The first kappa shape index (κ1) is 12.1. The maximum atomic E-state index is 12.5. The molecule has 2 heterocycles. The van der Waals surface area contributed by atoms with Crippen molar-refractivity contribution in [2.45, 2.75) is 37.8 Å². The number of pyridine rings is 1. The molecule has 3 rings (SSSR count). The number of nitrogens with one attached hydrogen (secondary N) is 1. The summed E-state index contributed by atoms with van der Waals surface area (Å²) in [5.41, 5.74) is 0.418. The average molecular weight is 259 g/mol. The number of nitrogens with zero attached hydrogens (tertiary/aromatic N) is 2. The van der Waals surface area contributed by atoms with Crippen LogP contribution in [0.5, 0.6) is 0 Å². The number of hydrogen-bond acceptors (Lipinski definition) is 3. The minimum absolute atomic E-state index is 0.0626. The lowest BCUT2D eigenvalue weighted by molar-refractivity contribution is -0.127. The van der Waals surface area contributed by atoms with E-state index in [4.69, 9.17) is 0 Å². The fourth-order valence-corrected chi connectivity index (χ4v) is 3.04. The lowest BCUT2D eigenvalue weighted by atomic mass is 9.87. The number of piperazine rings is 1. The van der Waals surface area contributed by atoms with Crippen LogP contribution in [0.25, 0.3) is 0 Å². The molecular formula is C14H17N3O2. The van der Waals surface area contributed by atoms with E-state index in [1.54, 1.807) is 29.3 Å².